The highest BCUT2D eigenvalue weighted by Crippen LogP contribution is 2.28. The fourth-order valence-electron chi connectivity index (χ4n) is 2.51. The Bertz CT molecular complexity index is 721. The van der Waals surface area contributed by atoms with Gasteiger partial charge in [0, 0.05) is 17.3 Å². The smallest absolute Gasteiger partial charge is 0.224 e. The van der Waals surface area contributed by atoms with Gasteiger partial charge in [0.1, 0.15) is 0 Å². The largest absolute Gasteiger partial charge is 0.491 e. The zero-order valence-electron chi connectivity index (χ0n) is 13.6. The van der Waals surface area contributed by atoms with Crippen molar-refractivity contribution in [1.29, 1.82) is 0 Å². The molecule has 0 atom stereocenters. The number of nitrogens with one attached hydrogen (secondary N) is 1. The Morgan fingerprint density at radius 2 is 1.76 bits per heavy atom. The van der Waals surface area contributed by atoms with Crippen LogP contribution in [0.3, 0.4) is 0 Å². The van der Waals surface area contributed by atoms with Crippen molar-refractivity contribution in [2.45, 2.75) is 40.0 Å². The summed E-state index contributed by atoms with van der Waals surface area (Å²) in [6, 6.07) is 7.99. The predicted molar refractivity (Wildman–Crippen MR) is 87.2 cm³/mol. The molecule has 1 aromatic carbocycles. The van der Waals surface area contributed by atoms with Gasteiger partial charge in [-0.3, -0.25) is 4.79 Å². The summed E-state index contributed by atoms with van der Waals surface area (Å²) in [5, 5.41) is 0. The lowest BCUT2D eigenvalue weighted by Gasteiger charge is -2.20. The first-order chi connectivity index (χ1) is 9.74. The maximum absolute atomic E-state index is 12.1. The van der Waals surface area contributed by atoms with Gasteiger partial charge in [0.05, 0.1) is 12.8 Å². The summed E-state index contributed by atoms with van der Waals surface area (Å²) in [7, 11) is 1.51. The molecule has 0 fully saturated rings. The lowest BCUT2D eigenvalue weighted by molar-refractivity contribution is 0.405. The number of pyridine rings is 1. The van der Waals surface area contributed by atoms with Crippen molar-refractivity contribution in [1.82, 2.24) is 4.98 Å². The minimum absolute atomic E-state index is 0.0944. The van der Waals surface area contributed by atoms with Gasteiger partial charge in [0.25, 0.3) is 0 Å². The van der Waals surface area contributed by atoms with Crippen LogP contribution in [0.15, 0.2) is 29.1 Å². The minimum atomic E-state index is -0.0944. The maximum Gasteiger partial charge on any atom is 0.224 e. The fourth-order valence-corrected chi connectivity index (χ4v) is 2.51. The van der Waals surface area contributed by atoms with E-state index in [9.17, 15) is 4.79 Å². The van der Waals surface area contributed by atoms with Crippen molar-refractivity contribution in [3.63, 3.8) is 0 Å². The zero-order valence-corrected chi connectivity index (χ0v) is 13.6. The fraction of sp³-hybridized carbons (Fsp3) is 0.389. The number of ether oxygens (including phenoxy) is 1. The first-order valence-electron chi connectivity index (χ1n) is 7.13. The van der Waals surface area contributed by atoms with Crippen molar-refractivity contribution >= 4 is 0 Å². The molecule has 1 heterocycles. The molecule has 0 aliphatic rings. The van der Waals surface area contributed by atoms with Crippen LogP contribution >= 0.6 is 0 Å². The third-order valence-corrected chi connectivity index (χ3v) is 3.75. The first-order valence-corrected chi connectivity index (χ1v) is 7.13. The van der Waals surface area contributed by atoms with E-state index in [1.807, 2.05) is 6.92 Å². The van der Waals surface area contributed by atoms with Crippen LogP contribution < -0.4 is 10.2 Å². The van der Waals surface area contributed by atoms with Gasteiger partial charge in [-0.1, -0.05) is 39.0 Å². The number of rotatable bonds is 2. The van der Waals surface area contributed by atoms with Crippen molar-refractivity contribution in [3.05, 3.63) is 51.3 Å². The topological polar surface area (TPSA) is 42.1 Å². The molecule has 2 rings (SSSR count). The first kappa shape index (κ1) is 15.4. The molecule has 0 amide bonds. The number of benzene rings is 1. The molecule has 3 heteroatoms. The third kappa shape index (κ3) is 3.02. The normalized spacial score (nSPS) is 11.5. The van der Waals surface area contributed by atoms with E-state index in [1.165, 1.54) is 12.7 Å². The van der Waals surface area contributed by atoms with Crippen LogP contribution in [-0.2, 0) is 5.41 Å². The molecule has 1 aromatic heterocycles. The Morgan fingerprint density at radius 3 is 2.24 bits per heavy atom. The van der Waals surface area contributed by atoms with Gasteiger partial charge in [0.15, 0.2) is 5.75 Å². The van der Waals surface area contributed by atoms with Crippen LogP contribution in [0.4, 0.5) is 0 Å². The van der Waals surface area contributed by atoms with Crippen LogP contribution in [0.2, 0.25) is 0 Å². The van der Waals surface area contributed by atoms with Crippen molar-refractivity contribution < 1.29 is 4.74 Å². The SMILES string of the molecule is COc1c(C)[nH]c(-c2ccc(C(C)(C)C)cc2C)cc1=O. The second-order valence-electron chi connectivity index (χ2n) is 6.49. The number of aromatic amines is 1. The minimum Gasteiger partial charge on any atom is -0.491 e. The molecule has 2 aromatic rings. The average Bonchev–Trinajstić information content (AvgIpc) is 2.37. The summed E-state index contributed by atoms with van der Waals surface area (Å²) in [5.74, 6) is 0.378. The Labute approximate surface area is 126 Å². The number of methoxy groups -OCH3 is 1. The van der Waals surface area contributed by atoms with Gasteiger partial charge in [-0.15, -0.1) is 0 Å². The van der Waals surface area contributed by atoms with Crippen molar-refractivity contribution in [3.8, 4) is 17.0 Å². The van der Waals surface area contributed by atoms with Gasteiger partial charge >= 0.3 is 0 Å². The molecule has 0 radical (unpaired) electrons. The highest BCUT2D eigenvalue weighted by molar-refractivity contribution is 5.65. The molecule has 112 valence electrons. The van der Waals surface area contributed by atoms with Crippen LogP contribution in [-0.4, -0.2) is 12.1 Å². The molecule has 0 saturated heterocycles. The molecule has 21 heavy (non-hydrogen) atoms. The summed E-state index contributed by atoms with van der Waals surface area (Å²) < 4.78 is 5.12. The third-order valence-electron chi connectivity index (χ3n) is 3.75. The lowest BCUT2D eigenvalue weighted by Crippen LogP contribution is -2.12. The molecule has 0 unspecified atom stereocenters. The van der Waals surface area contributed by atoms with Gasteiger partial charge in [-0.2, -0.15) is 0 Å². The number of aromatic nitrogens is 1. The number of hydrogen-bond donors (Lipinski definition) is 1. The molecular weight excluding hydrogens is 262 g/mol. The molecular formula is C18H23NO2. The summed E-state index contributed by atoms with van der Waals surface area (Å²) in [4.78, 5) is 15.3. The van der Waals surface area contributed by atoms with E-state index in [2.05, 4.69) is 50.9 Å². The molecule has 0 bridgehead atoms. The predicted octanol–water partition coefficient (Wildman–Crippen LogP) is 3.96. The highest BCUT2D eigenvalue weighted by Gasteiger charge is 2.16. The van der Waals surface area contributed by atoms with Gasteiger partial charge in [0.2, 0.25) is 5.43 Å². The second kappa shape index (κ2) is 5.40. The quantitative estimate of drug-likeness (QED) is 0.907. The van der Waals surface area contributed by atoms with Crippen LogP contribution in [0.5, 0.6) is 5.75 Å². The molecule has 3 nitrogen and oxygen atoms in total. The number of H-pyrrole nitrogens is 1. The molecule has 0 aliphatic heterocycles. The lowest BCUT2D eigenvalue weighted by atomic mass is 9.85. The Morgan fingerprint density at radius 1 is 1.10 bits per heavy atom. The van der Waals surface area contributed by atoms with Gasteiger partial charge < -0.3 is 9.72 Å². The zero-order chi connectivity index (χ0) is 15.8. The van der Waals surface area contributed by atoms with Crippen LogP contribution in [0.1, 0.15) is 37.6 Å². The second-order valence-corrected chi connectivity index (χ2v) is 6.49. The standard InChI is InChI=1S/C18H23NO2/c1-11-9-13(18(3,4)5)7-8-14(11)15-10-16(20)17(21-6)12(2)19-15/h7-10H,1-6H3,(H,19,20). The van der Waals surface area contributed by atoms with Crippen molar-refractivity contribution in [2.75, 3.05) is 7.11 Å². The van der Waals surface area contributed by atoms with Gasteiger partial charge in [-0.25, -0.2) is 0 Å². The van der Waals surface area contributed by atoms with E-state index in [1.54, 1.807) is 6.07 Å². The molecule has 1 N–H and O–H groups in total. The summed E-state index contributed by atoms with van der Waals surface area (Å²) in [6.45, 7) is 10.5. The summed E-state index contributed by atoms with van der Waals surface area (Å²) >= 11 is 0. The molecule has 0 aliphatic carbocycles. The Hall–Kier alpha value is -2.03. The van der Waals surface area contributed by atoms with E-state index in [-0.39, 0.29) is 10.8 Å². The maximum atomic E-state index is 12.1. The molecule has 0 spiro atoms. The van der Waals surface area contributed by atoms with E-state index in [0.29, 0.717) is 5.75 Å². The van der Waals surface area contributed by atoms with Crippen molar-refractivity contribution in [2.24, 2.45) is 0 Å². The average molecular weight is 285 g/mol. The van der Waals surface area contributed by atoms with E-state index < -0.39 is 0 Å². The summed E-state index contributed by atoms with van der Waals surface area (Å²) in [6.07, 6.45) is 0. The Kier molecular flexibility index (Phi) is 3.95. The molecule has 0 saturated carbocycles. The Balaban J connectivity index is 2.56. The number of hydrogen-bond acceptors (Lipinski definition) is 2. The monoisotopic (exact) mass is 285 g/mol. The highest BCUT2D eigenvalue weighted by atomic mass is 16.5. The van der Waals surface area contributed by atoms with Crippen LogP contribution in [0.25, 0.3) is 11.3 Å². The van der Waals surface area contributed by atoms with E-state index in [0.717, 1.165) is 22.5 Å². The van der Waals surface area contributed by atoms with E-state index in [4.69, 9.17) is 4.74 Å². The summed E-state index contributed by atoms with van der Waals surface area (Å²) in [5.41, 5.74) is 5.09. The number of aryl methyl sites for hydroxylation is 2. The van der Waals surface area contributed by atoms with E-state index >= 15 is 0 Å². The van der Waals surface area contributed by atoms with Gasteiger partial charge in [-0.05, 0) is 30.4 Å². The van der Waals surface area contributed by atoms with Crippen LogP contribution in [0, 0.1) is 13.8 Å².